The van der Waals surface area contributed by atoms with Crippen molar-refractivity contribution in [2.75, 3.05) is 31.5 Å². The molecule has 2 saturated heterocycles. The molecule has 0 spiro atoms. The molecule has 0 bridgehead atoms. The Hall–Kier alpha value is -1.66. The third kappa shape index (κ3) is 3.48. The molecule has 0 aliphatic carbocycles. The van der Waals surface area contributed by atoms with E-state index in [4.69, 9.17) is 0 Å². The molecular weight excluding hydrogens is 292 g/mol. The molecule has 0 saturated carbocycles. The van der Waals surface area contributed by atoms with Crippen LogP contribution in [0.15, 0.2) is 18.2 Å². The van der Waals surface area contributed by atoms with Crippen LogP contribution < -0.4 is 10.6 Å². The highest BCUT2D eigenvalue weighted by molar-refractivity contribution is 5.63. The first-order valence-electron chi connectivity index (χ1n) is 8.45. The van der Waals surface area contributed by atoms with Crippen LogP contribution in [-0.4, -0.2) is 47.6 Å². The molecule has 3 rings (SSSR count). The van der Waals surface area contributed by atoms with Crippen LogP contribution in [0.4, 0.5) is 11.4 Å². The van der Waals surface area contributed by atoms with Crippen LogP contribution in [0.5, 0.6) is 0 Å². The number of benzene rings is 1. The number of anilines is 1. The number of likely N-dealkylation sites (tertiary alicyclic amines) is 1. The van der Waals surface area contributed by atoms with Crippen molar-refractivity contribution in [1.29, 1.82) is 0 Å². The van der Waals surface area contributed by atoms with E-state index >= 15 is 0 Å². The van der Waals surface area contributed by atoms with Gasteiger partial charge in [0.05, 0.1) is 4.92 Å². The average molecular weight is 318 g/mol. The molecule has 0 aromatic heterocycles. The van der Waals surface area contributed by atoms with E-state index in [2.05, 4.69) is 22.5 Å². The maximum Gasteiger partial charge on any atom is 0.292 e. The summed E-state index contributed by atoms with van der Waals surface area (Å²) >= 11 is 0. The quantitative estimate of drug-likeness (QED) is 0.659. The maximum atomic E-state index is 11.2. The first-order chi connectivity index (χ1) is 11.0. The lowest BCUT2D eigenvalue weighted by molar-refractivity contribution is -0.384. The van der Waals surface area contributed by atoms with Crippen LogP contribution in [0.25, 0.3) is 0 Å². The monoisotopic (exact) mass is 318 g/mol. The van der Waals surface area contributed by atoms with E-state index in [9.17, 15) is 10.1 Å². The van der Waals surface area contributed by atoms with Crippen LogP contribution in [0.1, 0.15) is 31.7 Å². The summed E-state index contributed by atoms with van der Waals surface area (Å²) in [6, 6.07) is 5.71. The number of nitrogens with zero attached hydrogens (tertiary/aromatic N) is 2. The van der Waals surface area contributed by atoms with Gasteiger partial charge >= 0.3 is 0 Å². The van der Waals surface area contributed by atoms with E-state index in [1.807, 2.05) is 19.1 Å². The van der Waals surface area contributed by atoms with Gasteiger partial charge in [-0.3, -0.25) is 15.0 Å². The number of piperidine rings is 1. The van der Waals surface area contributed by atoms with Crippen LogP contribution in [0.3, 0.4) is 0 Å². The van der Waals surface area contributed by atoms with Gasteiger partial charge in [-0.2, -0.15) is 0 Å². The summed E-state index contributed by atoms with van der Waals surface area (Å²) in [4.78, 5) is 13.5. The van der Waals surface area contributed by atoms with E-state index in [1.165, 1.54) is 6.42 Å². The molecule has 6 heteroatoms. The fourth-order valence-electron chi connectivity index (χ4n) is 3.77. The Balaban J connectivity index is 1.62. The zero-order chi connectivity index (χ0) is 16.4. The average Bonchev–Trinajstić information content (AvgIpc) is 2.97. The third-order valence-electron chi connectivity index (χ3n) is 5.31. The Bertz CT molecular complexity index is 576. The fraction of sp³-hybridized carbons (Fsp3) is 0.647. The van der Waals surface area contributed by atoms with Crippen molar-refractivity contribution in [3.8, 4) is 0 Å². The lowest BCUT2D eigenvalue weighted by Gasteiger charge is -2.42. The number of nitrogens with one attached hydrogen (secondary N) is 2. The van der Waals surface area contributed by atoms with Gasteiger partial charge in [0, 0.05) is 37.3 Å². The minimum absolute atomic E-state index is 0.180. The van der Waals surface area contributed by atoms with Gasteiger partial charge in [0.2, 0.25) is 0 Å². The summed E-state index contributed by atoms with van der Waals surface area (Å²) in [5, 5.41) is 18.1. The Kier molecular flexibility index (Phi) is 4.55. The van der Waals surface area contributed by atoms with Gasteiger partial charge in [0.1, 0.15) is 5.69 Å². The van der Waals surface area contributed by atoms with E-state index in [0.29, 0.717) is 11.7 Å². The molecule has 2 aliphatic heterocycles. The van der Waals surface area contributed by atoms with Crippen LogP contribution in [0, 0.1) is 17.0 Å². The highest BCUT2D eigenvalue weighted by Crippen LogP contribution is 2.30. The SMILES string of the molecule is Cc1ccc(NC2CCN(C3(C)CCNC3)CC2)c([N+](=O)[O-])c1. The van der Waals surface area contributed by atoms with E-state index in [0.717, 1.165) is 44.6 Å². The highest BCUT2D eigenvalue weighted by atomic mass is 16.6. The molecule has 1 unspecified atom stereocenters. The van der Waals surface area contributed by atoms with Crippen LogP contribution in [-0.2, 0) is 0 Å². The molecule has 1 aromatic carbocycles. The van der Waals surface area contributed by atoms with Crippen molar-refractivity contribution >= 4 is 11.4 Å². The molecule has 0 radical (unpaired) electrons. The van der Waals surface area contributed by atoms with Crippen molar-refractivity contribution < 1.29 is 4.92 Å². The normalized spacial score (nSPS) is 26.3. The van der Waals surface area contributed by atoms with Crippen LogP contribution in [0.2, 0.25) is 0 Å². The number of hydrogen-bond donors (Lipinski definition) is 2. The molecule has 1 aromatic rings. The first kappa shape index (κ1) is 16.2. The van der Waals surface area contributed by atoms with Gasteiger partial charge in [-0.1, -0.05) is 6.07 Å². The Morgan fingerprint density at radius 2 is 2.13 bits per heavy atom. The summed E-state index contributed by atoms with van der Waals surface area (Å²) in [6.07, 6.45) is 3.26. The molecule has 2 heterocycles. The molecule has 2 N–H and O–H groups in total. The Morgan fingerprint density at radius 1 is 1.39 bits per heavy atom. The van der Waals surface area contributed by atoms with E-state index in [1.54, 1.807) is 6.07 Å². The van der Waals surface area contributed by atoms with Crippen molar-refractivity contribution in [3.63, 3.8) is 0 Å². The zero-order valence-corrected chi connectivity index (χ0v) is 14.0. The summed E-state index contributed by atoms with van der Waals surface area (Å²) in [7, 11) is 0. The molecule has 2 fully saturated rings. The molecule has 6 nitrogen and oxygen atoms in total. The van der Waals surface area contributed by atoms with E-state index in [-0.39, 0.29) is 16.1 Å². The maximum absolute atomic E-state index is 11.2. The van der Waals surface area contributed by atoms with Gasteiger partial charge in [0.15, 0.2) is 0 Å². The Morgan fingerprint density at radius 3 is 2.74 bits per heavy atom. The molecular formula is C17H26N4O2. The van der Waals surface area contributed by atoms with Gasteiger partial charge in [-0.25, -0.2) is 0 Å². The molecule has 23 heavy (non-hydrogen) atoms. The second kappa shape index (κ2) is 6.45. The minimum atomic E-state index is -0.296. The molecule has 126 valence electrons. The van der Waals surface area contributed by atoms with Crippen molar-refractivity contribution in [1.82, 2.24) is 10.2 Å². The highest BCUT2D eigenvalue weighted by Gasteiger charge is 2.37. The van der Waals surface area contributed by atoms with Gasteiger partial charge in [-0.05, 0) is 51.3 Å². The summed E-state index contributed by atoms with van der Waals surface area (Å²) in [6.45, 7) is 8.49. The summed E-state index contributed by atoms with van der Waals surface area (Å²) < 4.78 is 0. The van der Waals surface area contributed by atoms with Gasteiger partial charge in [0.25, 0.3) is 5.69 Å². The van der Waals surface area contributed by atoms with Crippen molar-refractivity contribution in [2.45, 2.75) is 44.7 Å². The zero-order valence-electron chi connectivity index (χ0n) is 14.0. The van der Waals surface area contributed by atoms with Gasteiger partial charge < -0.3 is 10.6 Å². The number of nitro benzene ring substituents is 1. The summed E-state index contributed by atoms with van der Waals surface area (Å²) in [5.74, 6) is 0. The number of hydrogen-bond acceptors (Lipinski definition) is 5. The predicted molar refractivity (Wildman–Crippen MR) is 91.9 cm³/mol. The second-order valence-corrected chi connectivity index (χ2v) is 7.11. The third-order valence-corrected chi connectivity index (χ3v) is 5.31. The summed E-state index contributed by atoms with van der Waals surface area (Å²) in [5.41, 5.74) is 2.02. The topological polar surface area (TPSA) is 70.4 Å². The lowest BCUT2D eigenvalue weighted by Crippen LogP contribution is -2.52. The minimum Gasteiger partial charge on any atom is -0.377 e. The number of rotatable bonds is 4. The van der Waals surface area contributed by atoms with Crippen LogP contribution >= 0.6 is 0 Å². The predicted octanol–water partition coefficient (Wildman–Crippen LogP) is 2.53. The molecule has 0 amide bonds. The first-order valence-corrected chi connectivity index (χ1v) is 8.45. The lowest BCUT2D eigenvalue weighted by atomic mass is 9.94. The number of aryl methyl sites for hydroxylation is 1. The fourth-order valence-corrected chi connectivity index (χ4v) is 3.77. The standard InChI is InChI=1S/C17H26N4O2/c1-13-3-4-15(16(11-13)21(22)23)19-14-5-9-20(10-6-14)17(2)7-8-18-12-17/h3-4,11,14,18-19H,5-10,12H2,1-2H3. The van der Waals surface area contributed by atoms with Crippen molar-refractivity contribution in [2.24, 2.45) is 0 Å². The largest absolute Gasteiger partial charge is 0.377 e. The van der Waals surface area contributed by atoms with Gasteiger partial charge in [-0.15, -0.1) is 0 Å². The second-order valence-electron chi connectivity index (χ2n) is 7.11. The smallest absolute Gasteiger partial charge is 0.292 e. The number of nitro groups is 1. The van der Waals surface area contributed by atoms with E-state index < -0.39 is 0 Å². The molecule has 1 atom stereocenters. The Labute approximate surface area is 137 Å². The molecule has 2 aliphatic rings. The van der Waals surface area contributed by atoms with Crippen molar-refractivity contribution in [3.05, 3.63) is 33.9 Å².